The van der Waals surface area contributed by atoms with Crippen molar-refractivity contribution in [3.63, 3.8) is 0 Å². The molecule has 0 bridgehead atoms. The zero-order valence-electron chi connectivity index (χ0n) is 29.2. The molecular formula is C34H42O21. The van der Waals surface area contributed by atoms with E-state index in [-0.39, 0.29) is 11.3 Å². The van der Waals surface area contributed by atoms with E-state index in [1.807, 2.05) is 0 Å². The highest BCUT2D eigenvalue weighted by molar-refractivity contribution is 5.88. The van der Waals surface area contributed by atoms with Crippen LogP contribution in [-0.4, -0.2) is 167 Å². The molecule has 0 aliphatic carbocycles. The third kappa shape index (κ3) is 7.47. The van der Waals surface area contributed by atoms with Gasteiger partial charge in [0.15, 0.2) is 29.7 Å². The van der Waals surface area contributed by atoms with E-state index in [1.54, 1.807) is 0 Å². The van der Waals surface area contributed by atoms with Gasteiger partial charge in [-0.25, -0.2) is 0 Å². The molecule has 0 unspecified atom stereocenters. The Kier molecular flexibility index (Phi) is 11.7. The monoisotopic (exact) mass is 786 g/mol. The number of rotatable bonds is 9. The molecule has 2 aromatic carbocycles. The van der Waals surface area contributed by atoms with Crippen molar-refractivity contribution in [2.24, 2.45) is 0 Å². The molecule has 6 rings (SSSR count). The molecule has 12 N–H and O–H groups in total. The average molecular weight is 787 g/mol. The standard InChI is InChI=1S/C34H42O21/c1-9-19(38)24(43)27(46)32(49-9)55-31-26(45)20(39)10(2)50-34(31)54-30-23(42)18-13(37)6-12(36)7-14(18)51-29(30)11-4-15(48-3)21(40)16(5-11)52-33-28(47)25(44)22(41)17(8-35)53-33/h4-7,9-10,17,19-20,22,24-28,31-41,43-47H,8H2,1-3H3/t9-,10-,17+,19-,20-,22-,24+,25-,26+,27+,28+,31+,32-,33+,34-/m0/s1. The number of aromatic hydroxyl groups is 3. The average Bonchev–Trinajstić information content (AvgIpc) is 3.14. The Morgan fingerprint density at radius 3 is 1.93 bits per heavy atom. The predicted molar refractivity (Wildman–Crippen MR) is 178 cm³/mol. The van der Waals surface area contributed by atoms with Gasteiger partial charge in [-0.15, -0.1) is 0 Å². The lowest BCUT2D eigenvalue weighted by atomic mass is 9.98. The number of ether oxygens (including phenoxy) is 7. The molecule has 15 atom stereocenters. The number of aliphatic hydroxyl groups excluding tert-OH is 9. The van der Waals surface area contributed by atoms with Gasteiger partial charge in [-0.05, 0) is 26.0 Å². The number of phenolic OH excluding ortho intramolecular Hbond substituents is 3. The minimum Gasteiger partial charge on any atom is -0.508 e. The Hall–Kier alpha value is -4.07. The summed E-state index contributed by atoms with van der Waals surface area (Å²) in [5.41, 5.74) is -1.70. The topological polar surface area (TPSA) is 338 Å². The summed E-state index contributed by atoms with van der Waals surface area (Å²) in [6.07, 6.45) is -25.1. The molecule has 0 saturated carbocycles. The van der Waals surface area contributed by atoms with Crippen molar-refractivity contribution < 1.29 is 98.9 Å². The van der Waals surface area contributed by atoms with Crippen LogP contribution in [0.4, 0.5) is 0 Å². The molecule has 3 fully saturated rings. The molecule has 21 nitrogen and oxygen atoms in total. The fourth-order valence-electron chi connectivity index (χ4n) is 6.45. The van der Waals surface area contributed by atoms with Crippen LogP contribution in [0.1, 0.15) is 13.8 Å². The van der Waals surface area contributed by atoms with Crippen LogP contribution in [0.2, 0.25) is 0 Å². The summed E-state index contributed by atoms with van der Waals surface area (Å²) < 4.78 is 45.4. The highest BCUT2D eigenvalue weighted by atomic mass is 16.8. The first-order chi connectivity index (χ1) is 26.0. The largest absolute Gasteiger partial charge is 0.508 e. The van der Waals surface area contributed by atoms with Crippen molar-refractivity contribution in [3.8, 4) is 45.8 Å². The molecule has 1 aromatic heterocycles. The number of benzene rings is 2. The maximum absolute atomic E-state index is 14.2. The van der Waals surface area contributed by atoms with Gasteiger partial charge in [0.05, 0.1) is 25.9 Å². The highest BCUT2D eigenvalue weighted by Crippen LogP contribution is 2.45. The second-order valence-corrected chi connectivity index (χ2v) is 13.4. The number of aliphatic hydroxyl groups is 9. The second-order valence-electron chi connectivity index (χ2n) is 13.4. The van der Waals surface area contributed by atoms with Crippen LogP contribution in [0.15, 0.2) is 33.5 Å². The van der Waals surface area contributed by atoms with Gasteiger partial charge < -0.3 is 98.9 Å². The Balaban J connectivity index is 1.46. The number of phenols is 3. The van der Waals surface area contributed by atoms with Crippen LogP contribution in [-0.2, 0) is 18.9 Å². The molecule has 304 valence electrons. The van der Waals surface area contributed by atoms with E-state index in [0.717, 1.165) is 31.4 Å². The fourth-order valence-corrected chi connectivity index (χ4v) is 6.45. The van der Waals surface area contributed by atoms with Gasteiger partial charge in [0.25, 0.3) is 0 Å². The Morgan fingerprint density at radius 1 is 0.673 bits per heavy atom. The molecule has 3 aliphatic rings. The van der Waals surface area contributed by atoms with E-state index >= 15 is 0 Å². The molecular weight excluding hydrogens is 744 g/mol. The van der Waals surface area contributed by atoms with Crippen molar-refractivity contribution in [1.82, 2.24) is 0 Å². The number of hydrogen-bond donors (Lipinski definition) is 12. The van der Waals surface area contributed by atoms with Crippen LogP contribution in [0, 0.1) is 0 Å². The molecule has 21 heteroatoms. The van der Waals surface area contributed by atoms with Gasteiger partial charge in [-0.1, -0.05) is 0 Å². The third-order valence-electron chi connectivity index (χ3n) is 9.65. The maximum atomic E-state index is 14.2. The number of fused-ring (bicyclic) bond motifs is 1. The first-order valence-electron chi connectivity index (χ1n) is 16.9. The highest BCUT2D eigenvalue weighted by Gasteiger charge is 2.51. The summed E-state index contributed by atoms with van der Waals surface area (Å²) in [6.45, 7) is 1.92. The van der Waals surface area contributed by atoms with Crippen LogP contribution < -0.4 is 19.6 Å². The summed E-state index contributed by atoms with van der Waals surface area (Å²) in [4.78, 5) is 14.2. The Labute approximate surface area is 309 Å². The third-order valence-corrected chi connectivity index (χ3v) is 9.65. The van der Waals surface area contributed by atoms with E-state index in [1.165, 1.54) is 13.8 Å². The van der Waals surface area contributed by atoms with Crippen molar-refractivity contribution in [2.45, 2.75) is 106 Å². The number of hydrogen-bond acceptors (Lipinski definition) is 21. The molecule has 55 heavy (non-hydrogen) atoms. The summed E-state index contributed by atoms with van der Waals surface area (Å²) in [5, 5.41) is 125. The van der Waals surface area contributed by atoms with E-state index in [9.17, 15) is 66.1 Å². The molecule has 0 amide bonds. The quantitative estimate of drug-likeness (QED) is 0.102. The van der Waals surface area contributed by atoms with E-state index in [0.29, 0.717) is 0 Å². The molecule has 0 spiro atoms. The molecule has 0 radical (unpaired) electrons. The Bertz CT molecular complexity index is 1900. The lowest BCUT2D eigenvalue weighted by Crippen LogP contribution is -2.63. The lowest BCUT2D eigenvalue weighted by molar-refractivity contribution is -0.352. The second kappa shape index (κ2) is 15.8. The summed E-state index contributed by atoms with van der Waals surface area (Å²) in [5.74, 6) is -4.16. The maximum Gasteiger partial charge on any atom is 0.239 e. The minimum atomic E-state index is -1.92. The molecule has 3 aliphatic heterocycles. The number of methoxy groups -OCH3 is 1. The molecule has 4 heterocycles. The smallest absolute Gasteiger partial charge is 0.239 e. The van der Waals surface area contributed by atoms with Crippen LogP contribution in [0.25, 0.3) is 22.3 Å². The van der Waals surface area contributed by atoms with E-state index < -0.39 is 150 Å². The normalized spacial score (nSPS) is 36.8. The van der Waals surface area contributed by atoms with E-state index in [4.69, 9.17) is 37.6 Å². The van der Waals surface area contributed by atoms with Gasteiger partial charge in [-0.2, -0.15) is 0 Å². The summed E-state index contributed by atoms with van der Waals surface area (Å²) in [7, 11) is 1.14. The van der Waals surface area contributed by atoms with Crippen molar-refractivity contribution in [1.29, 1.82) is 0 Å². The van der Waals surface area contributed by atoms with Crippen LogP contribution in [0.3, 0.4) is 0 Å². The molecule has 3 aromatic rings. The van der Waals surface area contributed by atoms with Gasteiger partial charge in [0.2, 0.25) is 29.5 Å². The van der Waals surface area contributed by atoms with Crippen LogP contribution >= 0.6 is 0 Å². The fraction of sp³-hybridized carbons (Fsp3) is 0.559. The van der Waals surface area contributed by atoms with Gasteiger partial charge >= 0.3 is 0 Å². The SMILES string of the molecule is COc1cc(-c2oc3cc(O)cc(O)c3c(=O)c2O[C@@H]2O[C@@H](C)[C@H](O)[C@@H](O)[C@H]2O[C@@H]2O[C@@H](C)[C@H](O)[C@@H](O)[C@H]2O)cc(O[C@@H]2O[C@H](CO)[C@H](O)[C@H](O)[C@H]2O)c1O. The zero-order valence-corrected chi connectivity index (χ0v) is 29.2. The first kappa shape index (κ1) is 40.6. The van der Waals surface area contributed by atoms with Crippen LogP contribution in [0.5, 0.6) is 34.5 Å². The minimum absolute atomic E-state index is 0.204. The van der Waals surface area contributed by atoms with E-state index in [2.05, 4.69) is 0 Å². The van der Waals surface area contributed by atoms with Crippen molar-refractivity contribution in [2.75, 3.05) is 13.7 Å². The Morgan fingerprint density at radius 2 is 1.27 bits per heavy atom. The zero-order chi connectivity index (χ0) is 40.2. The van der Waals surface area contributed by atoms with Crippen molar-refractivity contribution >= 4 is 11.0 Å². The predicted octanol–water partition coefficient (Wildman–Crippen LogP) is -3.18. The van der Waals surface area contributed by atoms with Gasteiger partial charge in [-0.3, -0.25) is 4.79 Å². The van der Waals surface area contributed by atoms with Crippen molar-refractivity contribution in [3.05, 3.63) is 34.5 Å². The lowest BCUT2D eigenvalue weighted by Gasteiger charge is -2.45. The van der Waals surface area contributed by atoms with Gasteiger partial charge in [0.1, 0.15) is 77.4 Å². The molecule has 3 saturated heterocycles. The first-order valence-corrected chi connectivity index (χ1v) is 16.9. The summed E-state index contributed by atoms with van der Waals surface area (Å²) in [6, 6.07) is 4.00. The summed E-state index contributed by atoms with van der Waals surface area (Å²) >= 11 is 0. The van der Waals surface area contributed by atoms with Gasteiger partial charge in [0, 0.05) is 17.7 Å².